The molecular formula is C26H30. The molecule has 0 amide bonds. The van der Waals surface area contributed by atoms with Crippen molar-refractivity contribution in [2.24, 2.45) is 11.8 Å². The van der Waals surface area contributed by atoms with Gasteiger partial charge in [0.2, 0.25) is 0 Å². The van der Waals surface area contributed by atoms with Crippen molar-refractivity contribution >= 4 is 0 Å². The maximum Gasteiger partial charge on any atom is 0.0268 e. The van der Waals surface area contributed by atoms with Crippen molar-refractivity contribution < 1.29 is 0 Å². The number of fused-ring (bicyclic) bond motifs is 1. The lowest BCUT2D eigenvalue weighted by molar-refractivity contribution is 0.334. The third kappa shape index (κ3) is 2.96. The Morgan fingerprint density at radius 2 is 1.54 bits per heavy atom. The standard InChI is InChI=1S/C26H30/c1-2-3-20-26(22-13-6-4-7-14-22,23-15-8-5-9-16-23)25-19-18-21-12-10-11-17-24(21)25/h4-11,13-17,21,25H,2-3,12,18-20H2,1H3. The minimum atomic E-state index is 0.101. The Morgan fingerprint density at radius 3 is 2.15 bits per heavy atom. The first-order valence-corrected chi connectivity index (χ1v) is 10.3. The maximum absolute atomic E-state index is 2.44. The van der Waals surface area contributed by atoms with Crippen molar-refractivity contribution in [1.29, 1.82) is 0 Å². The fraction of sp³-hybridized carbons (Fsp3) is 0.385. The first-order valence-electron chi connectivity index (χ1n) is 10.3. The summed E-state index contributed by atoms with van der Waals surface area (Å²) in [5, 5.41) is 0. The van der Waals surface area contributed by atoms with Gasteiger partial charge in [0.1, 0.15) is 0 Å². The van der Waals surface area contributed by atoms with Crippen molar-refractivity contribution in [2.75, 3.05) is 0 Å². The fourth-order valence-electron chi connectivity index (χ4n) is 5.40. The van der Waals surface area contributed by atoms with Gasteiger partial charge in [-0.1, -0.05) is 104 Å². The Morgan fingerprint density at radius 1 is 0.885 bits per heavy atom. The molecule has 0 heterocycles. The van der Waals surface area contributed by atoms with E-state index < -0.39 is 0 Å². The Bertz CT molecular complexity index is 727. The van der Waals surface area contributed by atoms with Gasteiger partial charge in [-0.2, -0.15) is 0 Å². The average Bonchev–Trinajstić information content (AvgIpc) is 3.15. The molecule has 0 aliphatic heterocycles. The van der Waals surface area contributed by atoms with E-state index in [9.17, 15) is 0 Å². The van der Waals surface area contributed by atoms with Gasteiger partial charge in [0.05, 0.1) is 0 Å². The normalized spacial score (nSPS) is 22.1. The van der Waals surface area contributed by atoms with Gasteiger partial charge in [0.15, 0.2) is 0 Å². The number of allylic oxidation sites excluding steroid dienone is 4. The van der Waals surface area contributed by atoms with Crippen molar-refractivity contribution in [2.45, 2.75) is 50.9 Å². The molecule has 1 saturated carbocycles. The summed E-state index contributed by atoms with van der Waals surface area (Å²) >= 11 is 0. The van der Waals surface area contributed by atoms with Gasteiger partial charge in [-0.3, -0.25) is 0 Å². The summed E-state index contributed by atoms with van der Waals surface area (Å²) in [4.78, 5) is 0. The number of rotatable bonds is 6. The lowest BCUT2D eigenvalue weighted by atomic mass is 9.61. The predicted octanol–water partition coefficient (Wildman–Crippen LogP) is 7.08. The summed E-state index contributed by atoms with van der Waals surface area (Å²) in [7, 11) is 0. The van der Waals surface area contributed by atoms with Crippen LogP contribution in [0, 0.1) is 11.8 Å². The van der Waals surface area contributed by atoms with Crippen LogP contribution < -0.4 is 0 Å². The number of hydrogen-bond donors (Lipinski definition) is 0. The molecule has 2 atom stereocenters. The largest absolute Gasteiger partial charge is 0.0839 e. The molecule has 134 valence electrons. The molecule has 4 rings (SSSR count). The van der Waals surface area contributed by atoms with E-state index in [2.05, 4.69) is 85.8 Å². The van der Waals surface area contributed by atoms with Crippen molar-refractivity contribution in [3.63, 3.8) is 0 Å². The van der Waals surface area contributed by atoms with Gasteiger partial charge >= 0.3 is 0 Å². The first-order chi connectivity index (χ1) is 12.9. The molecule has 0 bridgehead atoms. The van der Waals surface area contributed by atoms with E-state index in [-0.39, 0.29) is 5.41 Å². The van der Waals surface area contributed by atoms with E-state index in [4.69, 9.17) is 0 Å². The zero-order valence-electron chi connectivity index (χ0n) is 15.9. The molecule has 2 unspecified atom stereocenters. The van der Waals surface area contributed by atoms with Crippen LogP contribution in [0.3, 0.4) is 0 Å². The van der Waals surface area contributed by atoms with Crippen molar-refractivity contribution in [1.82, 2.24) is 0 Å². The van der Waals surface area contributed by atoms with Gasteiger partial charge in [-0.05, 0) is 48.6 Å². The Labute approximate surface area is 158 Å². The van der Waals surface area contributed by atoms with Crippen LogP contribution in [-0.4, -0.2) is 0 Å². The molecule has 1 fully saturated rings. The Hall–Kier alpha value is -2.08. The summed E-state index contributed by atoms with van der Waals surface area (Å²) in [5.41, 5.74) is 4.81. The third-order valence-electron chi connectivity index (χ3n) is 6.62. The minimum absolute atomic E-state index is 0.101. The molecular weight excluding hydrogens is 312 g/mol. The van der Waals surface area contributed by atoms with Crippen LogP contribution in [0.25, 0.3) is 0 Å². The molecule has 0 N–H and O–H groups in total. The lowest BCUT2D eigenvalue weighted by Crippen LogP contribution is -2.37. The first kappa shape index (κ1) is 17.3. The molecule has 0 spiro atoms. The lowest BCUT2D eigenvalue weighted by Gasteiger charge is -2.42. The van der Waals surface area contributed by atoms with Gasteiger partial charge in [0.25, 0.3) is 0 Å². The monoisotopic (exact) mass is 342 g/mol. The summed E-state index contributed by atoms with van der Waals surface area (Å²) < 4.78 is 0. The third-order valence-corrected chi connectivity index (χ3v) is 6.62. The topological polar surface area (TPSA) is 0 Å². The molecule has 2 aliphatic rings. The van der Waals surface area contributed by atoms with Crippen LogP contribution in [-0.2, 0) is 5.41 Å². The molecule has 2 aromatic carbocycles. The van der Waals surface area contributed by atoms with Gasteiger partial charge in [-0.15, -0.1) is 0 Å². The van der Waals surface area contributed by atoms with E-state index in [1.54, 1.807) is 5.57 Å². The predicted molar refractivity (Wildman–Crippen MR) is 111 cm³/mol. The second-order valence-corrected chi connectivity index (χ2v) is 7.96. The van der Waals surface area contributed by atoms with E-state index in [0.29, 0.717) is 5.92 Å². The molecule has 2 aliphatic carbocycles. The van der Waals surface area contributed by atoms with Crippen LogP contribution in [0.1, 0.15) is 56.6 Å². The zero-order chi connectivity index (χ0) is 17.8. The molecule has 0 heteroatoms. The van der Waals surface area contributed by atoms with E-state index >= 15 is 0 Å². The highest BCUT2D eigenvalue weighted by molar-refractivity contribution is 5.45. The van der Waals surface area contributed by atoms with Crippen LogP contribution in [0.2, 0.25) is 0 Å². The summed E-state index contributed by atoms with van der Waals surface area (Å²) in [6.07, 6.45) is 14.7. The second kappa shape index (κ2) is 7.66. The van der Waals surface area contributed by atoms with Crippen LogP contribution in [0.15, 0.2) is 84.5 Å². The number of hydrogen-bond acceptors (Lipinski definition) is 0. The SMILES string of the molecule is CCCCC(c1ccccc1)(c1ccccc1)C1CCC2CC=CC=C21. The van der Waals surface area contributed by atoms with Crippen molar-refractivity contribution in [3.8, 4) is 0 Å². The molecule has 0 aromatic heterocycles. The Balaban J connectivity index is 1.90. The van der Waals surface area contributed by atoms with Crippen molar-refractivity contribution in [3.05, 3.63) is 95.6 Å². The van der Waals surface area contributed by atoms with Crippen LogP contribution in [0.4, 0.5) is 0 Å². The molecule has 0 nitrogen and oxygen atoms in total. The highest BCUT2D eigenvalue weighted by atomic mass is 14.5. The van der Waals surface area contributed by atoms with E-state index in [0.717, 1.165) is 5.92 Å². The zero-order valence-corrected chi connectivity index (χ0v) is 15.9. The van der Waals surface area contributed by atoms with Gasteiger partial charge < -0.3 is 0 Å². The number of unbranched alkanes of at least 4 members (excludes halogenated alkanes) is 1. The van der Waals surface area contributed by atoms with Gasteiger partial charge in [0, 0.05) is 5.41 Å². The highest BCUT2D eigenvalue weighted by Crippen LogP contribution is 2.55. The molecule has 0 radical (unpaired) electrons. The molecule has 0 saturated heterocycles. The molecule has 2 aromatic rings. The quantitative estimate of drug-likeness (QED) is 0.526. The summed E-state index contributed by atoms with van der Waals surface area (Å²) in [6, 6.07) is 22.7. The summed E-state index contributed by atoms with van der Waals surface area (Å²) in [5.74, 6) is 1.38. The average molecular weight is 343 g/mol. The smallest absolute Gasteiger partial charge is 0.0268 e. The summed E-state index contributed by atoms with van der Waals surface area (Å²) in [6.45, 7) is 2.32. The van der Waals surface area contributed by atoms with E-state index in [1.165, 1.54) is 49.7 Å². The fourth-order valence-corrected chi connectivity index (χ4v) is 5.40. The van der Waals surface area contributed by atoms with Crippen LogP contribution in [0.5, 0.6) is 0 Å². The maximum atomic E-state index is 2.44. The second-order valence-electron chi connectivity index (χ2n) is 7.96. The molecule has 26 heavy (non-hydrogen) atoms. The minimum Gasteiger partial charge on any atom is -0.0839 e. The van der Waals surface area contributed by atoms with E-state index in [1.807, 2.05) is 0 Å². The number of benzene rings is 2. The Kier molecular flexibility index (Phi) is 5.11. The van der Waals surface area contributed by atoms with Gasteiger partial charge in [-0.25, -0.2) is 0 Å². The van der Waals surface area contributed by atoms with Crippen LogP contribution >= 0.6 is 0 Å². The highest BCUT2D eigenvalue weighted by Gasteiger charge is 2.47.